The molecular formula is C25H25N3O3. The van der Waals surface area contributed by atoms with Crippen LogP contribution >= 0.6 is 0 Å². The molecule has 4 aromatic rings. The monoisotopic (exact) mass is 415 g/mol. The van der Waals surface area contributed by atoms with Crippen LogP contribution in [0.4, 0.5) is 0 Å². The number of carbonyl (C=O) groups excluding carboxylic acids is 1. The van der Waals surface area contributed by atoms with E-state index < -0.39 is 6.10 Å². The lowest BCUT2D eigenvalue weighted by atomic mass is 10.0. The van der Waals surface area contributed by atoms with E-state index in [0.29, 0.717) is 11.1 Å². The quantitative estimate of drug-likeness (QED) is 0.459. The maximum absolute atomic E-state index is 12.7. The molecule has 6 nitrogen and oxygen atoms in total. The number of aromatic nitrogens is 2. The van der Waals surface area contributed by atoms with Crippen molar-refractivity contribution in [3.8, 4) is 0 Å². The lowest BCUT2D eigenvalue weighted by Gasteiger charge is -2.14. The van der Waals surface area contributed by atoms with E-state index in [1.165, 1.54) is 0 Å². The van der Waals surface area contributed by atoms with Gasteiger partial charge in [0.25, 0.3) is 5.91 Å². The van der Waals surface area contributed by atoms with E-state index in [0.717, 1.165) is 47.5 Å². The number of benzene rings is 3. The summed E-state index contributed by atoms with van der Waals surface area (Å²) in [6, 6.07) is 19.2. The minimum atomic E-state index is -0.805. The first-order valence-corrected chi connectivity index (χ1v) is 10.8. The summed E-state index contributed by atoms with van der Waals surface area (Å²) < 4.78 is 1.83. The van der Waals surface area contributed by atoms with Gasteiger partial charge in [0.1, 0.15) is 0 Å². The molecule has 1 aliphatic rings. The van der Waals surface area contributed by atoms with Crippen LogP contribution in [0, 0.1) is 0 Å². The normalized spacial score (nSPS) is 15.5. The zero-order valence-corrected chi connectivity index (χ0v) is 17.2. The molecule has 1 heterocycles. The van der Waals surface area contributed by atoms with E-state index in [-0.39, 0.29) is 24.2 Å². The Morgan fingerprint density at radius 1 is 1.06 bits per heavy atom. The summed E-state index contributed by atoms with van der Waals surface area (Å²) in [5.74, 6) is -0.281. The topological polar surface area (TPSA) is 87.1 Å². The number of rotatable bonds is 5. The second-order valence-electron chi connectivity index (χ2n) is 8.30. The molecule has 1 aromatic heterocycles. The highest BCUT2D eigenvalue weighted by atomic mass is 16.3. The van der Waals surface area contributed by atoms with Crippen LogP contribution in [0.2, 0.25) is 0 Å². The minimum absolute atomic E-state index is 0.106. The molecule has 1 fully saturated rings. The Labute approximate surface area is 179 Å². The van der Waals surface area contributed by atoms with E-state index >= 15 is 0 Å². The summed E-state index contributed by atoms with van der Waals surface area (Å²) in [6.45, 7) is 0.106. The Kier molecular flexibility index (Phi) is 5.08. The lowest BCUT2D eigenvalue weighted by molar-refractivity contribution is 0.0916. The maximum Gasteiger partial charge on any atom is 0.326 e. The van der Waals surface area contributed by atoms with Crippen molar-refractivity contribution in [1.29, 1.82) is 0 Å². The van der Waals surface area contributed by atoms with Gasteiger partial charge in [-0.15, -0.1) is 0 Å². The molecule has 1 atom stereocenters. The molecule has 0 bridgehead atoms. The van der Waals surface area contributed by atoms with E-state index in [1.54, 1.807) is 12.1 Å². The average molecular weight is 415 g/mol. The molecule has 3 N–H and O–H groups in total. The van der Waals surface area contributed by atoms with Gasteiger partial charge in [-0.25, -0.2) is 4.79 Å². The molecule has 31 heavy (non-hydrogen) atoms. The minimum Gasteiger partial charge on any atom is -0.387 e. The van der Waals surface area contributed by atoms with Gasteiger partial charge in [-0.3, -0.25) is 9.36 Å². The standard InChI is InChI=1S/C25H25N3O3/c29-23(18-10-9-16-5-1-2-6-17(16)13-18)15-26-24(30)19-11-12-22-21(14-19)27-25(31)28(22)20-7-3-4-8-20/h1-2,5-6,9-14,20,23,29H,3-4,7-8,15H2,(H,26,30)(H,27,31). The number of amides is 1. The van der Waals surface area contributed by atoms with E-state index in [1.807, 2.05) is 53.1 Å². The summed E-state index contributed by atoms with van der Waals surface area (Å²) >= 11 is 0. The summed E-state index contributed by atoms with van der Waals surface area (Å²) in [5, 5.41) is 15.5. The van der Waals surface area contributed by atoms with Gasteiger partial charge in [0.05, 0.1) is 17.1 Å². The van der Waals surface area contributed by atoms with Gasteiger partial charge in [-0.2, -0.15) is 0 Å². The van der Waals surface area contributed by atoms with Crippen LogP contribution in [0.5, 0.6) is 0 Å². The molecule has 1 saturated carbocycles. The van der Waals surface area contributed by atoms with E-state index in [4.69, 9.17) is 0 Å². The Hall–Kier alpha value is -3.38. The van der Waals surface area contributed by atoms with Gasteiger partial charge in [0, 0.05) is 18.2 Å². The van der Waals surface area contributed by atoms with Crippen LogP contribution in [0.25, 0.3) is 21.8 Å². The van der Waals surface area contributed by atoms with E-state index in [2.05, 4.69) is 10.3 Å². The number of nitrogens with one attached hydrogen (secondary N) is 2. The number of aliphatic hydroxyl groups excluding tert-OH is 1. The third-order valence-electron chi connectivity index (χ3n) is 6.28. The zero-order valence-electron chi connectivity index (χ0n) is 17.2. The number of hydrogen-bond donors (Lipinski definition) is 3. The second-order valence-corrected chi connectivity index (χ2v) is 8.30. The molecule has 0 spiro atoms. The predicted octanol–water partition coefficient (Wildman–Crippen LogP) is 4.06. The van der Waals surface area contributed by atoms with Crippen molar-refractivity contribution in [3.05, 3.63) is 82.3 Å². The van der Waals surface area contributed by atoms with E-state index in [9.17, 15) is 14.7 Å². The van der Waals surface area contributed by atoms with Crippen LogP contribution in [-0.2, 0) is 0 Å². The van der Waals surface area contributed by atoms with Crippen molar-refractivity contribution in [3.63, 3.8) is 0 Å². The highest BCUT2D eigenvalue weighted by molar-refractivity contribution is 5.97. The molecule has 1 aliphatic carbocycles. The Morgan fingerprint density at radius 3 is 2.65 bits per heavy atom. The third-order valence-corrected chi connectivity index (χ3v) is 6.28. The number of fused-ring (bicyclic) bond motifs is 2. The second kappa shape index (κ2) is 8.04. The molecule has 0 saturated heterocycles. The summed E-state index contributed by atoms with van der Waals surface area (Å²) in [4.78, 5) is 28.0. The SMILES string of the molecule is O=C(NCC(O)c1ccc2ccccc2c1)c1ccc2c(c1)[nH]c(=O)n2C1CCCC1. The fourth-order valence-electron chi connectivity index (χ4n) is 4.62. The van der Waals surface area contributed by atoms with Crippen molar-refractivity contribution in [2.75, 3.05) is 6.54 Å². The number of H-pyrrole nitrogens is 1. The zero-order chi connectivity index (χ0) is 21.4. The smallest absolute Gasteiger partial charge is 0.326 e. The molecule has 1 amide bonds. The number of aromatic amines is 1. The molecule has 0 radical (unpaired) electrons. The number of aliphatic hydroxyl groups is 1. The van der Waals surface area contributed by atoms with Crippen LogP contribution < -0.4 is 11.0 Å². The Balaban J connectivity index is 1.31. The van der Waals surface area contributed by atoms with Crippen molar-refractivity contribution >= 4 is 27.7 Å². The van der Waals surface area contributed by atoms with Crippen molar-refractivity contribution in [2.45, 2.75) is 37.8 Å². The fourth-order valence-corrected chi connectivity index (χ4v) is 4.62. The highest BCUT2D eigenvalue weighted by Gasteiger charge is 2.21. The predicted molar refractivity (Wildman–Crippen MR) is 121 cm³/mol. The Bertz CT molecular complexity index is 1310. The number of hydrogen-bond acceptors (Lipinski definition) is 3. The van der Waals surface area contributed by atoms with Crippen LogP contribution in [-0.4, -0.2) is 27.1 Å². The maximum atomic E-state index is 12.7. The van der Waals surface area contributed by atoms with Crippen molar-refractivity contribution in [1.82, 2.24) is 14.9 Å². The van der Waals surface area contributed by atoms with Crippen molar-refractivity contribution in [2.24, 2.45) is 0 Å². The number of imidazole rings is 1. The largest absolute Gasteiger partial charge is 0.387 e. The van der Waals surface area contributed by atoms with Crippen molar-refractivity contribution < 1.29 is 9.90 Å². The number of nitrogens with zero attached hydrogens (tertiary/aromatic N) is 1. The van der Waals surface area contributed by atoms with Crippen LogP contribution in [0.3, 0.4) is 0 Å². The van der Waals surface area contributed by atoms with Gasteiger partial charge in [0.2, 0.25) is 0 Å². The molecule has 158 valence electrons. The molecule has 3 aromatic carbocycles. The van der Waals surface area contributed by atoms with Gasteiger partial charge < -0.3 is 15.4 Å². The average Bonchev–Trinajstić information content (AvgIpc) is 3.43. The molecular weight excluding hydrogens is 390 g/mol. The van der Waals surface area contributed by atoms with Crippen LogP contribution in [0.1, 0.15) is 53.8 Å². The van der Waals surface area contributed by atoms with Crippen LogP contribution in [0.15, 0.2) is 65.5 Å². The third kappa shape index (κ3) is 3.75. The van der Waals surface area contributed by atoms with Gasteiger partial charge in [-0.1, -0.05) is 49.2 Å². The first-order valence-electron chi connectivity index (χ1n) is 10.8. The fraction of sp³-hybridized carbons (Fsp3) is 0.280. The summed E-state index contributed by atoms with van der Waals surface area (Å²) in [6.07, 6.45) is 3.51. The summed E-state index contributed by atoms with van der Waals surface area (Å²) in [5.41, 5.74) is 2.60. The molecule has 6 heteroatoms. The Morgan fingerprint density at radius 2 is 1.84 bits per heavy atom. The first kappa shape index (κ1) is 19.6. The molecule has 1 unspecified atom stereocenters. The molecule has 0 aliphatic heterocycles. The van der Waals surface area contributed by atoms with Gasteiger partial charge in [0.15, 0.2) is 0 Å². The highest BCUT2D eigenvalue weighted by Crippen LogP contribution is 2.30. The first-order chi connectivity index (χ1) is 15.1. The summed E-state index contributed by atoms with van der Waals surface area (Å²) in [7, 11) is 0. The lowest BCUT2D eigenvalue weighted by Crippen LogP contribution is -2.28. The number of carbonyl (C=O) groups is 1. The molecule has 5 rings (SSSR count). The van der Waals surface area contributed by atoms with Gasteiger partial charge >= 0.3 is 5.69 Å². The van der Waals surface area contributed by atoms with Gasteiger partial charge in [-0.05, 0) is 53.4 Å².